The monoisotopic (exact) mass is 478 g/mol. The van der Waals surface area contributed by atoms with Gasteiger partial charge in [-0.1, -0.05) is 73.8 Å². The third-order valence-electron chi connectivity index (χ3n) is 4.70. The summed E-state index contributed by atoms with van der Waals surface area (Å²) in [6.45, 7) is 1.66. The van der Waals surface area contributed by atoms with Gasteiger partial charge in [0.25, 0.3) is 0 Å². The molecule has 34 heavy (non-hydrogen) atoms. The van der Waals surface area contributed by atoms with Crippen LogP contribution in [0.5, 0.6) is 5.75 Å². The summed E-state index contributed by atoms with van der Waals surface area (Å²) >= 11 is 4.16. The second-order valence-electron chi connectivity index (χ2n) is 7.59. The smallest absolute Gasteiger partial charge is 0.338 e. The maximum Gasteiger partial charge on any atom is 0.338 e. The van der Waals surface area contributed by atoms with E-state index < -0.39 is 24.0 Å². The molecular formula is C27H26O6S. The van der Waals surface area contributed by atoms with E-state index in [0.29, 0.717) is 0 Å². The predicted octanol–water partition coefficient (Wildman–Crippen LogP) is 4.86. The SMILES string of the molecule is CC(S)CC(=O)Oc1cccc(C(=O)OCCC(=O)OC2C3=C/C=C\C=C/C=C\C=C/C=C\32)c1. The summed E-state index contributed by atoms with van der Waals surface area (Å²) in [5.41, 5.74) is 2.08. The molecule has 0 saturated heterocycles. The van der Waals surface area contributed by atoms with Crippen molar-refractivity contribution in [1.29, 1.82) is 0 Å². The minimum absolute atomic E-state index is 0.0749. The van der Waals surface area contributed by atoms with Crippen molar-refractivity contribution in [2.45, 2.75) is 31.1 Å². The number of carbonyl (C=O) groups is 3. The van der Waals surface area contributed by atoms with Crippen molar-refractivity contribution in [3.63, 3.8) is 0 Å². The van der Waals surface area contributed by atoms with Gasteiger partial charge in [0.1, 0.15) is 12.4 Å². The van der Waals surface area contributed by atoms with E-state index in [0.717, 1.165) is 11.1 Å². The normalized spacial score (nSPS) is 24.1. The molecule has 0 bridgehead atoms. The minimum Gasteiger partial charge on any atom is -0.461 e. The summed E-state index contributed by atoms with van der Waals surface area (Å²) in [5, 5.41) is -0.133. The summed E-state index contributed by atoms with van der Waals surface area (Å²) < 4.78 is 15.9. The Labute approximate surface area is 204 Å². The molecular weight excluding hydrogens is 452 g/mol. The van der Waals surface area contributed by atoms with Crippen molar-refractivity contribution in [1.82, 2.24) is 0 Å². The first-order valence-electron chi connectivity index (χ1n) is 10.9. The number of esters is 3. The van der Waals surface area contributed by atoms with Gasteiger partial charge in [0.2, 0.25) is 0 Å². The van der Waals surface area contributed by atoms with Crippen LogP contribution in [0.2, 0.25) is 0 Å². The van der Waals surface area contributed by atoms with Crippen molar-refractivity contribution in [3.05, 3.63) is 102 Å². The Hall–Kier alpha value is -3.58. The highest BCUT2D eigenvalue weighted by Crippen LogP contribution is 2.41. The number of carbonyl (C=O) groups excluding carboxylic acids is 3. The first-order chi connectivity index (χ1) is 16.4. The Morgan fingerprint density at radius 3 is 2.15 bits per heavy atom. The molecule has 176 valence electrons. The highest BCUT2D eigenvalue weighted by molar-refractivity contribution is 7.80. The zero-order chi connectivity index (χ0) is 24.3. The predicted molar refractivity (Wildman–Crippen MR) is 133 cm³/mol. The average molecular weight is 479 g/mol. The first-order valence-corrected chi connectivity index (χ1v) is 11.4. The van der Waals surface area contributed by atoms with Gasteiger partial charge in [-0.15, -0.1) is 0 Å². The van der Waals surface area contributed by atoms with Crippen molar-refractivity contribution >= 4 is 30.5 Å². The van der Waals surface area contributed by atoms with Crippen molar-refractivity contribution < 1.29 is 28.6 Å². The molecule has 0 aromatic heterocycles. The highest BCUT2D eigenvalue weighted by atomic mass is 32.1. The van der Waals surface area contributed by atoms with Crippen LogP contribution in [0.3, 0.4) is 0 Å². The summed E-state index contributed by atoms with van der Waals surface area (Å²) in [6, 6.07) is 6.12. The second-order valence-corrected chi connectivity index (χ2v) is 8.48. The van der Waals surface area contributed by atoms with Crippen LogP contribution in [0.4, 0.5) is 0 Å². The lowest BCUT2D eigenvalue weighted by Gasteiger charge is -2.08. The number of thiol groups is 1. The number of rotatable bonds is 8. The molecule has 0 aliphatic heterocycles. The van der Waals surface area contributed by atoms with Crippen LogP contribution >= 0.6 is 12.6 Å². The third kappa shape index (κ3) is 8.08. The van der Waals surface area contributed by atoms with Gasteiger partial charge in [-0.2, -0.15) is 12.6 Å². The van der Waals surface area contributed by atoms with Gasteiger partial charge in [-0.25, -0.2) is 4.79 Å². The van der Waals surface area contributed by atoms with Crippen molar-refractivity contribution in [2.75, 3.05) is 6.61 Å². The van der Waals surface area contributed by atoms with Crippen LogP contribution in [0.1, 0.15) is 30.1 Å². The molecule has 1 saturated carbocycles. The maximum atomic E-state index is 12.3. The van der Waals surface area contributed by atoms with Crippen LogP contribution in [0, 0.1) is 0 Å². The fourth-order valence-electron chi connectivity index (χ4n) is 3.03. The molecule has 1 fully saturated rings. The molecule has 0 spiro atoms. The number of fused-ring (bicyclic) bond motifs is 1. The molecule has 0 radical (unpaired) electrons. The van der Waals surface area contributed by atoms with E-state index in [1.165, 1.54) is 6.07 Å². The van der Waals surface area contributed by atoms with E-state index in [2.05, 4.69) is 12.6 Å². The van der Waals surface area contributed by atoms with Crippen LogP contribution in [-0.4, -0.2) is 35.9 Å². The zero-order valence-electron chi connectivity index (χ0n) is 18.8. The van der Waals surface area contributed by atoms with Crippen LogP contribution in [0.15, 0.2) is 96.2 Å². The molecule has 7 heteroatoms. The molecule has 2 aliphatic rings. The fourth-order valence-corrected chi connectivity index (χ4v) is 3.18. The zero-order valence-corrected chi connectivity index (χ0v) is 19.7. The fraction of sp³-hybridized carbons (Fsp3) is 0.222. The number of hydrogen-bond acceptors (Lipinski definition) is 7. The summed E-state index contributed by atoms with van der Waals surface area (Å²) in [4.78, 5) is 36.3. The van der Waals surface area contributed by atoms with Gasteiger partial charge in [-0.3, -0.25) is 9.59 Å². The lowest BCUT2D eigenvalue weighted by molar-refractivity contribution is -0.144. The van der Waals surface area contributed by atoms with Gasteiger partial charge in [0.15, 0.2) is 6.10 Å². The summed E-state index contributed by atoms with van der Waals surface area (Å²) in [7, 11) is 0. The molecule has 1 aromatic carbocycles. The summed E-state index contributed by atoms with van der Waals surface area (Å²) in [6.07, 6.45) is 18.7. The molecule has 0 amide bonds. The van der Waals surface area contributed by atoms with Crippen LogP contribution in [-0.2, 0) is 19.1 Å². The summed E-state index contributed by atoms with van der Waals surface area (Å²) in [5.74, 6) is -1.29. The topological polar surface area (TPSA) is 78.9 Å². The van der Waals surface area contributed by atoms with E-state index in [1.54, 1.807) is 25.1 Å². The first kappa shape index (κ1) is 25.1. The van der Waals surface area contributed by atoms with Gasteiger partial charge in [0, 0.05) is 16.4 Å². The molecule has 1 aromatic rings. The Morgan fingerprint density at radius 2 is 1.53 bits per heavy atom. The lowest BCUT2D eigenvalue weighted by atomic mass is 10.2. The number of hydrogen-bond donors (Lipinski definition) is 1. The van der Waals surface area contributed by atoms with E-state index in [9.17, 15) is 14.4 Å². The lowest BCUT2D eigenvalue weighted by Crippen LogP contribution is -2.14. The van der Waals surface area contributed by atoms with E-state index in [1.807, 2.05) is 60.8 Å². The van der Waals surface area contributed by atoms with Crippen molar-refractivity contribution in [3.8, 4) is 5.75 Å². The van der Waals surface area contributed by atoms with Gasteiger partial charge in [0.05, 0.1) is 18.4 Å². The molecule has 0 heterocycles. The highest BCUT2D eigenvalue weighted by Gasteiger charge is 2.40. The molecule has 2 aliphatic carbocycles. The van der Waals surface area contributed by atoms with Gasteiger partial charge < -0.3 is 14.2 Å². The van der Waals surface area contributed by atoms with Crippen LogP contribution in [0.25, 0.3) is 0 Å². The average Bonchev–Trinajstić information content (AvgIpc) is 3.42. The number of ether oxygens (including phenoxy) is 3. The molecule has 3 rings (SSSR count). The maximum absolute atomic E-state index is 12.3. The standard InChI is InChI=1S/C27H26O6S/c1-19(34)17-25(29)32-21-12-10-11-20(18-21)27(30)31-16-15-24(28)33-26-22-13-8-6-4-2-3-5-7-9-14-23(22)26/h2-14,18-19,26,34H,15-17H2,1H3/b3-2?,4-2-,5-3-,6-4?,7-5?,8-6-,9-7-,13-8?,14-9?,22-13+,23-14+. The Bertz CT molecular complexity index is 1070. The van der Waals surface area contributed by atoms with Gasteiger partial charge in [-0.05, 0) is 18.2 Å². The van der Waals surface area contributed by atoms with Gasteiger partial charge >= 0.3 is 17.9 Å². The van der Waals surface area contributed by atoms with Crippen LogP contribution < -0.4 is 4.74 Å². The molecule has 0 N–H and O–H groups in total. The number of allylic oxidation sites excluding steroid dienone is 10. The second kappa shape index (κ2) is 12.6. The number of benzene rings is 1. The van der Waals surface area contributed by atoms with Crippen molar-refractivity contribution in [2.24, 2.45) is 0 Å². The minimum atomic E-state index is -0.622. The van der Waals surface area contributed by atoms with E-state index in [4.69, 9.17) is 14.2 Å². The largest absolute Gasteiger partial charge is 0.461 e. The Morgan fingerprint density at radius 1 is 0.912 bits per heavy atom. The quantitative estimate of drug-likeness (QED) is 0.327. The molecule has 6 nitrogen and oxygen atoms in total. The Balaban J connectivity index is 1.47. The molecule has 1 unspecified atom stereocenters. The Kier molecular flexibility index (Phi) is 9.29. The van der Waals surface area contributed by atoms with E-state index >= 15 is 0 Å². The molecule has 1 atom stereocenters. The third-order valence-corrected chi connectivity index (χ3v) is 4.88. The van der Waals surface area contributed by atoms with E-state index in [-0.39, 0.29) is 36.0 Å².